The number of aromatic hydroxyl groups is 1. The highest BCUT2D eigenvalue weighted by Gasteiger charge is 2.10. The summed E-state index contributed by atoms with van der Waals surface area (Å²) in [5, 5.41) is 11.9. The SMILES string of the molecule is CCOCCNC(=O)c1ncccc1O. The summed E-state index contributed by atoms with van der Waals surface area (Å²) in [7, 11) is 0. The number of nitrogens with one attached hydrogen (secondary N) is 1. The summed E-state index contributed by atoms with van der Waals surface area (Å²) >= 11 is 0. The minimum Gasteiger partial charge on any atom is -0.505 e. The Bertz CT molecular complexity index is 328. The minimum atomic E-state index is -0.396. The van der Waals surface area contributed by atoms with Crippen molar-refractivity contribution in [3.63, 3.8) is 0 Å². The maximum atomic E-state index is 11.4. The first-order valence-electron chi connectivity index (χ1n) is 4.75. The normalized spacial score (nSPS) is 9.93. The lowest BCUT2D eigenvalue weighted by Crippen LogP contribution is -2.28. The van der Waals surface area contributed by atoms with Crippen molar-refractivity contribution in [2.75, 3.05) is 19.8 Å². The summed E-state index contributed by atoms with van der Waals surface area (Å²) in [4.78, 5) is 15.2. The van der Waals surface area contributed by atoms with Crippen LogP contribution in [0.1, 0.15) is 17.4 Å². The fourth-order valence-corrected chi connectivity index (χ4v) is 1.04. The maximum Gasteiger partial charge on any atom is 0.273 e. The monoisotopic (exact) mass is 210 g/mol. The molecule has 1 rings (SSSR count). The second-order valence-electron chi connectivity index (χ2n) is 2.82. The molecule has 0 fully saturated rings. The molecule has 0 bridgehead atoms. The van der Waals surface area contributed by atoms with Crippen LogP contribution in [0.3, 0.4) is 0 Å². The van der Waals surface area contributed by atoms with Gasteiger partial charge in [-0.25, -0.2) is 4.98 Å². The third-order valence-electron chi connectivity index (χ3n) is 1.74. The Labute approximate surface area is 88.1 Å². The summed E-state index contributed by atoms with van der Waals surface area (Å²) in [5.74, 6) is -0.515. The van der Waals surface area contributed by atoms with Gasteiger partial charge in [0.25, 0.3) is 5.91 Å². The van der Waals surface area contributed by atoms with Crippen molar-refractivity contribution in [3.8, 4) is 5.75 Å². The second kappa shape index (κ2) is 5.98. The Kier molecular flexibility index (Phi) is 4.56. The highest BCUT2D eigenvalue weighted by molar-refractivity contribution is 5.94. The van der Waals surface area contributed by atoms with Gasteiger partial charge in [0.2, 0.25) is 0 Å². The molecule has 0 atom stereocenters. The molecule has 2 N–H and O–H groups in total. The van der Waals surface area contributed by atoms with Gasteiger partial charge >= 0.3 is 0 Å². The van der Waals surface area contributed by atoms with E-state index in [1.54, 1.807) is 6.07 Å². The van der Waals surface area contributed by atoms with Crippen LogP contribution in [0, 0.1) is 0 Å². The minimum absolute atomic E-state index is 0.0361. The van der Waals surface area contributed by atoms with Crippen LogP contribution < -0.4 is 5.32 Å². The molecule has 0 unspecified atom stereocenters. The number of hydrogen-bond acceptors (Lipinski definition) is 4. The van der Waals surface area contributed by atoms with Gasteiger partial charge in [0, 0.05) is 19.3 Å². The highest BCUT2D eigenvalue weighted by atomic mass is 16.5. The van der Waals surface area contributed by atoms with E-state index in [2.05, 4.69) is 10.3 Å². The first-order chi connectivity index (χ1) is 7.25. The molecule has 15 heavy (non-hydrogen) atoms. The summed E-state index contributed by atoms with van der Waals surface area (Å²) in [5.41, 5.74) is 0.0361. The molecule has 0 aliphatic carbocycles. The van der Waals surface area contributed by atoms with Crippen LogP contribution in [0.4, 0.5) is 0 Å². The molecule has 0 spiro atoms. The third-order valence-corrected chi connectivity index (χ3v) is 1.74. The molecular weight excluding hydrogens is 196 g/mol. The summed E-state index contributed by atoms with van der Waals surface area (Å²) < 4.78 is 5.05. The van der Waals surface area contributed by atoms with Gasteiger partial charge in [-0.15, -0.1) is 0 Å². The quantitative estimate of drug-likeness (QED) is 0.696. The number of ether oxygens (including phenoxy) is 1. The number of aromatic nitrogens is 1. The summed E-state index contributed by atoms with van der Waals surface area (Å²) in [6.45, 7) is 3.36. The van der Waals surface area contributed by atoms with Gasteiger partial charge in [0.1, 0.15) is 5.75 Å². The van der Waals surface area contributed by atoms with Crippen molar-refractivity contribution in [1.29, 1.82) is 0 Å². The van der Waals surface area contributed by atoms with Crippen LogP contribution in [-0.2, 0) is 4.74 Å². The van der Waals surface area contributed by atoms with Crippen molar-refractivity contribution in [3.05, 3.63) is 24.0 Å². The molecule has 82 valence electrons. The molecule has 1 aromatic rings. The Morgan fingerprint density at radius 3 is 3.13 bits per heavy atom. The van der Waals surface area contributed by atoms with Crippen LogP contribution in [0.15, 0.2) is 18.3 Å². The Balaban J connectivity index is 2.44. The van der Waals surface area contributed by atoms with E-state index in [4.69, 9.17) is 4.74 Å². The smallest absolute Gasteiger partial charge is 0.273 e. The van der Waals surface area contributed by atoms with Crippen LogP contribution in [0.5, 0.6) is 5.75 Å². The molecule has 5 nitrogen and oxygen atoms in total. The second-order valence-corrected chi connectivity index (χ2v) is 2.82. The Morgan fingerprint density at radius 1 is 1.67 bits per heavy atom. The number of pyridine rings is 1. The van der Waals surface area contributed by atoms with Crippen molar-refractivity contribution in [2.24, 2.45) is 0 Å². The van der Waals surface area contributed by atoms with E-state index in [0.717, 1.165) is 0 Å². The predicted molar refractivity (Wildman–Crippen MR) is 54.7 cm³/mol. The number of carbonyl (C=O) groups excluding carboxylic acids is 1. The zero-order valence-electron chi connectivity index (χ0n) is 8.56. The van der Waals surface area contributed by atoms with Gasteiger partial charge in [0.05, 0.1) is 6.61 Å². The highest BCUT2D eigenvalue weighted by Crippen LogP contribution is 2.11. The van der Waals surface area contributed by atoms with E-state index in [1.165, 1.54) is 12.3 Å². The number of amides is 1. The van der Waals surface area contributed by atoms with E-state index in [9.17, 15) is 9.90 Å². The number of rotatable bonds is 5. The predicted octanol–water partition coefficient (Wildman–Crippen LogP) is 0.553. The molecule has 0 aliphatic rings. The van der Waals surface area contributed by atoms with Crippen molar-refractivity contribution in [1.82, 2.24) is 10.3 Å². The van der Waals surface area contributed by atoms with Gasteiger partial charge in [-0.3, -0.25) is 4.79 Å². The van der Waals surface area contributed by atoms with Crippen LogP contribution >= 0.6 is 0 Å². The maximum absolute atomic E-state index is 11.4. The van der Waals surface area contributed by atoms with Gasteiger partial charge in [-0.2, -0.15) is 0 Å². The van der Waals surface area contributed by atoms with E-state index >= 15 is 0 Å². The van der Waals surface area contributed by atoms with Crippen LogP contribution in [0.25, 0.3) is 0 Å². The molecule has 0 saturated carbocycles. The van der Waals surface area contributed by atoms with Gasteiger partial charge in [-0.1, -0.05) is 0 Å². The Morgan fingerprint density at radius 2 is 2.47 bits per heavy atom. The fraction of sp³-hybridized carbons (Fsp3) is 0.400. The molecule has 1 heterocycles. The molecule has 0 aromatic carbocycles. The average Bonchev–Trinajstić information content (AvgIpc) is 2.25. The number of carbonyl (C=O) groups is 1. The van der Waals surface area contributed by atoms with Gasteiger partial charge < -0.3 is 15.2 Å². The zero-order chi connectivity index (χ0) is 11.1. The van der Waals surface area contributed by atoms with Crippen LogP contribution in [0.2, 0.25) is 0 Å². The standard InChI is InChI=1S/C10H14N2O3/c1-2-15-7-6-12-10(14)9-8(13)4-3-5-11-9/h3-5,13H,2,6-7H2,1H3,(H,12,14). The molecule has 1 amide bonds. The average molecular weight is 210 g/mol. The summed E-state index contributed by atoms with van der Waals surface area (Å²) in [6.07, 6.45) is 1.46. The lowest BCUT2D eigenvalue weighted by molar-refractivity contribution is 0.0915. The largest absolute Gasteiger partial charge is 0.505 e. The van der Waals surface area contributed by atoms with E-state index < -0.39 is 5.91 Å². The number of nitrogens with zero attached hydrogens (tertiary/aromatic N) is 1. The van der Waals surface area contributed by atoms with Crippen LogP contribution in [-0.4, -0.2) is 35.8 Å². The van der Waals surface area contributed by atoms with Gasteiger partial charge in [0.15, 0.2) is 5.69 Å². The lowest BCUT2D eigenvalue weighted by atomic mass is 10.3. The molecule has 0 saturated heterocycles. The molecule has 5 heteroatoms. The molecule has 0 aliphatic heterocycles. The molecular formula is C10H14N2O3. The fourth-order valence-electron chi connectivity index (χ4n) is 1.04. The molecule has 1 aromatic heterocycles. The topological polar surface area (TPSA) is 71.5 Å². The van der Waals surface area contributed by atoms with E-state index in [-0.39, 0.29) is 11.4 Å². The van der Waals surface area contributed by atoms with Crippen molar-refractivity contribution >= 4 is 5.91 Å². The number of hydrogen-bond donors (Lipinski definition) is 2. The van der Waals surface area contributed by atoms with Crippen molar-refractivity contribution in [2.45, 2.75) is 6.92 Å². The molecule has 0 radical (unpaired) electrons. The van der Waals surface area contributed by atoms with Crippen molar-refractivity contribution < 1.29 is 14.6 Å². The van der Waals surface area contributed by atoms with E-state index in [0.29, 0.717) is 19.8 Å². The Hall–Kier alpha value is -1.62. The zero-order valence-corrected chi connectivity index (χ0v) is 8.56. The lowest BCUT2D eigenvalue weighted by Gasteiger charge is -2.05. The third kappa shape index (κ3) is 3.55. The first kappa shape index (κ1) is 11.5. The van der Waals surface area contributed by atoms with E-state index in [1.807, 2.05) is 6.92 Å². The first-order valence-corrected chi connectivity index (χ1v) is 4.75. The summed E-state index contributed by atoms with van der Waals surface area (Å²) in [6, 6.07) is 2.98. The van der Waals surface area contributed by atoms with Gasteiger partial charge in [-0.05, 0) is 19.1 Å².